The lowest BCUT2D eigenvalue weighted by Crippen LogP contribution is -2.39. The monoisotopic (exact) mass is 454 g/mol. The first-order chi connectivity index (χ1) is 14.9. The van der Waals surface area contributed by atoms with Gasteiger partial charge in [-0.2, -0.15) is 4.68 Å². The second kappa shape index (κ2) is 7.76. The second-order valence-electron chi connectivity index (χ2n) is 8.47. The van der Waals surface area contributed by atoms with Crippen LogP contribution >= 0.6 is 22.9 Å². The molecule has 1 fully saturated rings. The Balaban J connectivity index is 1.47. The van der Waals surface area contributed by atoms with E-state index in [1.165, 1.54) is 22.4 Å². The van der Waals surface area contributed by atoms with Crippen molar-refractivity contribution in [3.8, 4) is 16.4 Å². The first-order valence-corrected chi connectivity index (χ1v) is 11.5. The molecule has 160 valence electrons. The molecule has 4 aromatic rings. The highest BCUT2D eigenvalue weighted by molar-refractivity contribution is 7.20. The van der Waals surface area contributed by atoms with E-state index in [1.807, 2.05) is 19.1 Å². The molecular formula is C22H23ClN6OS. The Bertz CT molecular complexity index is 1320. The van der Waals surface area contributed by atoms with Crippen molar-refractivity contribution >= 4 is 39.1 Å². The summed E-state index contributed by atoms with van der Waals surface area (Å²) in [5.41, 5.74) is 2.90. The van der Waals surface area contributed by atoms with Crippen LogP contribution in [0.25, 0.3) is 26.6 Å². The lowest BCUT2D eigenvalue weighted by Gasteiger charge is -2.35. The van der Waals surface area contributed by atoms with Gasteiger partial charge in [-0.05, 0) is 43.4 Å². The summed E-state index contributed by atoms with van der Waals surface area (Å²) in [4.78, 5) is 28.9. The Morgan fingerprint density at radius 2 is 1.94 bits per heavy atom. The quantitative estimate of drug-likeness (QED) is 0.486. The Hall–Kier alpha value is -2.71. The first-order valence-electron chi connectivity index (χ1n) is 10.3. The number of aromatic amines is 1. The number of nitrogens with one attached hydrogen (secondary N) is 1. The minimum atomic E-state index is -0.178. The van der Waals surface area contributed by atoms with Gasteiger partial charge in [0, 0.05) is 35.9 Å². The summed E-state index contributed by atoms with van der Waals surface area (Å²) in [7, 11) is 0. The SMILES string of the molecule is Cc1nc(N2CC(C)CC(C)C2)ncc1-c1cc(=O)n(-c2nc3cc(Cl)ccc3s2)[nH]1. The van der Waals surface area contributed by atoms with Crippen molar-refractivity contribution in [2.24, 2.45) is 11.8 Å². The molecule has 0 spiro atoms. The minimum Gasteiger partial charge on any atom is -0.340 e. The van der Waals surface area contributed by atoms with Gasteiger partial charge in [-0.1, -0.05) is 36.8 Å². The van der Waals surface area contributed by atoms with E-state index in [0.717, 1.165) is 40.5 Å². The summed E-state index contributed by atoms with van der Waals surface area (Å²) in [5.74, 6) is 2.01. The molecule has 0 amide bonds. The molecular weight excluding hydrogens is 432 g/mol. The summed E-state index contributed by atoms with van der Waals surface area (Å²) in [6.07, 6.45) is 3.04. The molecule has 7 nitrogen and oxygen atoms in total. The maximum Gasteiger partial charge on any atom is 0.273 e. The normalized spacial score (nSPS) is 19.3. The lowest BCUT2D eigenvalue weighted by atomic mass is 9.92. The number of aryl methyl sites for hydroxylation is 1. The van der Waals surface area contributed by atoms with E-state index in [1.54, 1.807) is 18.3 Å². The average Bonchev–Trinajstić information content (AvgIpc) is 3.29. The second-order valence-corrected chi connectivity index (χ2v) is 9.92. The van der Waals surface area contributed by atoms with Crippen LogP contribution in [-0.2, 0) is 0 Å². The van der Waals surface area contributed by atoms with Gasteiger partial charge >= 0.3 is 0 Å². The number of H-pyrrole nitrogens is 1. The topological polar surface area (TPSA) is 79.7 Å². The van der Waals surface area contributed by atoms with E-state index in [9.17, 15) is 4.79 Å². The van der Waals surface area contributed by atoms with Crippen LogP contribution in [0.5, 0.6) is 0 Å². The number of fused-ring (bicyclic) bond motifs is 1. The van der Waals surface area contributed by atoms with E-state index in [0.29, 0.717) is 27.7 Å². The van der Waals surface area contributed by atoms with Gasteiger partial charge < -0.3 is 4.90 Å². The van der Waals surface area contributed by atoms with Crippen molar-refractivity contribution in [3.63, 3.8) is 0 Å². The van der Waals surface area contributed by atoms with Gasteiger partial charge in [0.15, 0.2) is 0 Å². The van der Waals surface area contributed by atoms with Crippen molar-refractivity contribution in [1.82, 2.24) is 24.7 Å². The zero-order chi connectivity index (χ0) is 21.7. The van der Waals surface area contributed by atoms with Gasteiger partial charge in [-0.3, -0.25) is 9.89 Å². The van der Waals surface area contributed by atoms with Crippen molar-refractivity contribution < 1.29 is 0 Å². The van der Waals surface area contributed by atoms with Gasteiger partial charge in [0.05, 0.1) is 21.6 Å². The smallest absolute Gasteiger partial charge is 0.273 e. The third-order valence-electron chi connectivity index (χ3n) is 5.66. The summed E-state index contributed by atoms with van der Waals surface area (Å²) in [5, 5.41) is 4.36. The van der Waals surface area contributed by atoms with Crippen molar-refractivity contribution in [2.45, 2.75) is 27.2 Å². The van der Waals surface area contributed by atoms with E-state index in [2.05, 4.69) is 33.8 Å². The van der Waals surface area contributed by atoms with Crippen molar-refractivity contribution in [3.05, 3.63) is 51.5 Å². The number of anilines is 1. The Labute approximate surface area is 188 Å². The van der Waals surface area contributed by atoms with E-state index in [-0.39, 0.29) is 5.56 Å². The molecule has 31 heavy (non-hydrogen) atoms. The maximum absolute atomic E-state index is 12.7. The van der Waals surface area contributed by atoms with Gasteiger partial charge in [-0.15, -0.1) is 0 Å². The largest absolute Gasteiger partial charge is 0.340 e. The molecule has 0 radical (unpaired) electrons. The highest BCUT2D eigenvalue weighted by Gasteiger charge is 2.24. The zero-order valence-corrected chi connectivity index (χ0v) is 19.2. The van der Waals surface area contributed by atoms with Gasteiger partial charge in [0.25, 0.3) is 5.56 Å². The van der Waals surface area contributed by atoms with Crippen LogP contribution in [0.1, 0.15) is 26.0 Å². The standard InChI is InChI=1S/C22H23ClN6OS/c1-12-6-13(2)11-28(10-12)21-24-9-16(14(3)25-21)17-8-20(30)29(27-17)22-26-18-7-15(23)4-5-19(18)31-22/h4-5,7-9,12-13,27H,6,10-11H2,1-3H3. The number of hydrogen-bond acceptors (Lipinski definition) is 6. The molecule has 1 aliphatic heterocycles. The van der Waals surface area contributed by atoms with Crippen LogP contribution < -0.4 is 10.5 Å². The molecule has 9 heteroatoms. The molecule has 2 atom stereocenters. The van der Waals surface area contributed by atoms with Gasteiger partial charge in [0.1, 0.15) is 0 Å². The fraction of sp³-hybridized carbons (Fsp3) is 0.364. The first kappa shape index (κ1) is 20.2. The fourth-order valence-electron chi connectivity index (χ4n) is 4.36. The molecule has 0 bridgehead atoms. The predicted molar refractivity (Wildman–Crippen MR) is 125 cm³/mol. The van der Waals surface area contributed by atoms with Crippen molar-refractivity contribution in [2.75, 3.05) is 18.0 Å². The van der Waals surface area contributed by atoms with Crippen LogP contribution in [0.4, 0.5) is 5.95 Å². The molecule has 1 saturated heterocycles. The predicted octanol–water partition coefficient (Wildman–Crippen LogP) is 4.68. The van der Waals surface area contributed by atoms with Gasteiger partial charge in [-0.25, -0.2) is 15.0 Å². The Morgan fingerprint density at radius 1 is 1.16 bits per heavy atom. The Morgan fingerprint density at radius 3 is 2.68 bits per heavy atom. The van der Waals surface area contributed by atoms with Gasteiger partial charge in [0.2, 0.25) is 11.1 Å². The number of hydrogen-bond donors (Lipinski definition) is 1. The number of aromatic nitrogens is 5. The zero-order valence-electron chi connectivity index (χ0n) is 17.6. The molecule has 1 aliphatic rings. The molecule has 1 N–H and O–H groups in total. The molecule has 0 saturated carbocycles. The molecule has 3 aromatic heterocycles. The van der Waals surface area contributed by atoms with Crippen LogP contribution in [0.2, 0.25) is 5.02 Å². The molecule has 5 rings (SSSR count). The molecule has 1 aromatic carbocycles. The number of nitrogens with zero attached hydrogens (tertiary/aromatic N) is 5. The Kier molecular flexibility index (Phi) is 5.06. The number of piperidine rings is 1. The van der Waals surface area contributed by atoms with Crippen molar-refractivity contribution in [1.29, 1.82) is 0 Å². The van der Waals surface area contributed by atoms with E-state index >= 15 is 0 Å². The number of rotatable bonds is 3. The molecule has 0 aliphatic carbocycles. The van der Waals surface area contributed by atoms with Crippen LogP contribution in [0, 0.1) is 18.8 Å². The fourth-order valence-corrected chi connectivity index (χ4v) is 5.44. The highest BCUT2D eigenvalue weighted by atomic mass is 35.5. The summed E-state index contributed by atoms with van der Waals surface area (Å²) < 4.78 is 2.42. The molecule has 4 heterocycles. The summed E-state index contributed by atoms with van der Waals surface area (Å²) in [6.45, 7) is 8.43. The van der Waals surface area contributed by atoms with Crippen LogP contribution in [-0.4, -0.2) is 37.8 Å². The maximum atomic E-state index is 12.7. The third-order valence-corrected chi connectivity index (χ3v) is 6.92. The average molecular weight is 455 g/mol. The third kappa shape index (κ3) is 3.85. The van der Waals surface area contributed by atoms with E-state index < -0.39 is 0 Å². The summed E-state index contributed by atoms with van der Waals surface area (Å²) in [6, 6.07) is 7.09. The molecule has 2 unspecified atom stereocenters. The van der Waals surface area contributed by atoms with E-state index in [4.69, 9.17) is 16.6 Å². The lowest BCUT2D eigenvalue weighted by molar-refractivity contribution is 0.353. The minimum absolute atomic E-state index is 0.178. The highest BCUT2D eigenvalue weighted by Crippen LogP contribution is 2.28. The number of thiazole rings is 1. The number of halogens is 1. The summed E-state index contributed by atoms with van der Waals surface area (Å²) >= 11 is 7.49. The van der Waals surface area contributed by atoms with Crippen LogP contribution in [0.15, 0.2) is 35.3 Å². The number of benzene rings is 1. The van der Waals surface area contributed by atoms with Crippen LogP contribution in [0.3, 0.4) is 0 Å².